The number of nitrogens with zero attached hydrogens (tertiary/aromatic N) is 2. The minimum absolute atomic E-state index is 0.0919. The van der Waals surface area contributed by atoms with Crippen molar-refractivity contribution in [1.82, 2.24) is 15.2 Å². The molecule has 2 aliphatic heterocycles. The van der Waals surface area contributed by atoms with E-state index in [1.165, 1.54) is 11.3 Å². The van der Waals surface area contributed by atoms with E-state index in [1.807, 2.05) is 0 Å². The summed E-state index contributed by atoms with van der Waals surface area (Å²) in [5, 5.41) is 14.8. The number of fused-ring (bicyclic) bond motifs is 1. The van der Waals surface area contributed by atoms with Crippen LogP contribution in [0.1, 0.15) is 54.6 Å². The Morgan fingerprint density at radius 2 is 2.35 bits per heavy atom. The number of aromatic nitrogens is 1. The van der Waals surface area contributed by atoms with Crippen molar-refractivity contribution in [2.45, 2.75) is 57.3 Å². The highest BCUT2D eigenvalue weighted by molar-refractivity contribution is 7.09. The van der Waals surface area contributed by atoms with Gasteiger partial charge >= 0.3 is 0 Å². The van der Waals surface area contributed by atoms with E-state index in [0.29, 0.717) is 30.7 Å². The lowest BCUT2D eigenvalue weighted by Crippen LogP contribution is -2.46. The number of morpholine rings is 1. The van der Waals surface area contributed by atoms with Gasteiger partial charge in [-0.25, -0.2) is 4.98 Å². The van der Waals surface area contributed by atoms with Crippen LogP contribution in [0.25, 0.3) is 0 Å². The number of amides is 1. The van der Waals surface area contributed by atoms with Crippen molar-refractivity contribution in [3.63, 3.8) is 0 Å². The molecule has 0 aromatic carbocycles. The van der Waals surface area contributed by atoms with Crippen LogP contribution in [0.15, 0.2) is 5.38 Å². The van der Waals surface area contributed by atoms with Crippen LogP contribution in [0.4, 0.5) is 0 Å². The van der Waals surface area contributed by atoms with Crippen molar-refractivity contribution >= 4 is 17.2 Å². The Balaban J connectivity index is 1.52. The smallest absolute Gasteiger partial charge is 0.271 e. The summed E-state index contributed by atoms with van der Waals surface area (Å²) in [7, 11) is 0. The first kappa shape index (κ1) is 19.7. The van der Waals surface area contributed by atoms with Crippen LogP contribution >= 0.6 is 11.3 Å². The number of hydrogen-bond acceptors (Lipinski definition) is 7. The zero-order chi connectivity index (χ0) is 18.7. The molecule has 1 amide bonds. The number of thiazole rings is 1. The van der Waals surface area contributed by atoms with Crippen molar-refractivity contribution in [3.05, 3.63) is 16.1 Å². The lowest BCUT2D eigenvalue weighted by atomic mass is 10.1. The lowest BCUT2D eigenvalue weighted by molar-refractivity contribution is -0.0566. The average Bonchev–Trinajstić information content (AvgIpc) is 3.20. The minimum Gasteiger partial charge on any atom is -0.396 e. The number of nitrogens with two attached hydrogens (primary N) is 1. The van der Waals surface area contributed by atoms with Gasteiger partial charge in [0.05, 0.1) is 18.8 Å². The van der Waals surface area contributed by atoms with E-state index >= 15 is 0 Å². The summed E-state index contributed by atoms with van der Waals surface area (Å²) < 4.78 is 5.79. The molecule has 0 aliphatic carbocycles. The minimum atomic E-state index is -0.123. The highest BCUT2D eigenvalue weighted by Gasteiger charge is 2.37. The van der Waals surface area contributed by atoms with Gasteiger partial charge < -0.3 is 20.9 Å². The van der Waals surface area contributed by atoms with Crippen molar-refractivity contribution in [2.24, 2.45) is 11.7 Å². The maximum atomic E-state index is 12.5. The molecule has 26 heavy (non-hydrogen) atoms. The number of carbonyl (C=O) groups is 1. The summed E-state index contributed by atoms with van der Waals surface area (Å²) in [5.41, 5.74) is 6.63. The first-order valence-corrected chi connectivity index (χ1v) is 10.3. The van der Waals surface area contributed by atoms with Gasteiger partial charge in [-0.1, -0.05) is 13.8 Å². The van der Waals surface area contributed by atoms with Crippen molar-refractivity contribution in [1.29, 1.82) is 0 Å². The molecule has 0 bridgehead atoms. The van der Waals surface area contributed by atoms with Gasteiger partial charge in [0.15, 0.2) is 0 Å². The molecule has 7 nitrogen and oxygen atoms in total. The number of carbonyl (C=O) groups excluding carboxylic acids is 1. The third-order valence-corrected chi connectivity index (χ3v) is 6.05. The summed E-state index contributed by atoms with van der Waals surface area (Å²) in [6, 6.07) is 0.349. The van der Waals surface area contributed by atoms with Crippen LogP contribution in [-0.2, 0) is 4.74 Å². The molecule has 0 radical (unpaired) electrons. The molecule has 0 unspecified atom stereocenters. The molecule has 8 heteroatoms. The van der Waals surface area contributed by atoms with Crippen LogP contribution in [-0.4, -0.2) is 65.4 Å². The van der Waals surface area contributed by atoms with Crippen LogP contribution in [0.3, 0.4) is 0 Å². The molecule has 2 aliphatic rings. The maximum Gasteiger partial charge on any atom is 0.271 e. The molecular formula is C18H30N4O3S. The Labute approximate surface area is 158 Å². The lowest BCUT2D eigenvalue weighted by Gasteiger charge is -2.34. The van der Waals surface area contributed by atoms with Gasteiger partial charge in [-0.2, -0.15) is 0 Å². The Hall–Kier alpha value is -1.06. The molecule has 3 rings (SSSR count). The molecule has 1 aromatic rings. The standard InChI is InChI=1S/C18H30N4O3S/c1-11(2)5-15(19)18-21-16(10-26-18)17(24)20-12-6-13-9-25-14(3-4-23)8-22(13)7-12/h10-15,23H,3-9,19H2,1-2H3,(H,20,24)/t12-,13-,14-,15-/m0/s1. The van der Waals surface area contributed by atoms with Gasteiger partial charge in [0.1, 0.15) is 10.7 Å². The first-order valence-electron chi connectivity index (χ1n) is 9.44. The fourth-order valence-electron chi connectivity index (χ4n) is 3.80. The van der Waals surface area contributed by atoms with E-state index in [2.05, 4.69) is 29.0 Å². The van der Waals surface area contributed by atoms with Crippen LogP contribution < -0.4 is 11.1 Å². The third-order valence-electron chi connectivity index (χ3n) is 5.07. The molecule has 4 atom stereocenters. The SMILES string of the molecule is CC(C)C[C@H](N)c1nc(C(=O)N[C@H]2C[C@H]3CO[C@@H](CCO)CN3C2)cs1. The van der Waals surface area contributed by atoms with Crippen LogP contribution in [0, 0.1) is 5.92 Å². The van der Waals surface area contributed by atoms with Gasteiger partial charge in [0, 0.05) is 37.2 Å². The fourth-order valence-corrected chi connectivity index (χ4v) is 4.61. The van der Waals surface area contributed by atoms with E-state index in [4.69, 9.17) is 15.6 Å². The van der Waals surface area contributed by atoms with Crippen molar-refractivity contribution in [3.8, 4) is 0 Å². The summed E-state index contributed by atoms with van der Waals surface area (Å²) in [6.45, 7) is 6.72. The second kappa shape index (κ2) is 8.75. The highest BCUT2D eigenvalue weighted by Crippen LogP contribution is 2.25. The molecule has 2 saturated heterocycles. The van der Waals surface area contributed by atoms with Crippen LogP contribution in [0.5, 0.6) is 0 Å². The summed E-state index contributed by atoms with van der Waals surface area (Å²) >= 11 is 1.46. The van der Waals surface area contributed by atoms with Gasteiger partial charge in [-0.15, -0.1) is 11.3 Å². The molecule has 146 valence electrons. The molecule has 2 fully saturated rings. The molecule has 1 aromatic heterocycles. The fraction of sp³-hybridized carbons (Fsp3) is 0.778. The monoisotopic (exact) mass is 382 g/mol. The van der Waals surface area contributed by atoms with Gasteiger partial charge in [-0.3, -0.25) is 9.69 Å². The zero-order valence-electron chi connectivity index (χ0n) is 15.6. The van der Waals surface area contributed by atoms with E-state index in [1.54, 1.807) is 5.38 Å². The Morgan fingerprint density at radius 3 is 3.08 bits per heavy atom. The quantitative estimate of drug-likeness (QED) is 0.654. The molecule has 3 heterocycles. The molecule has 4 N–H and O–H groups in total. The number of ether oxygens (including phenoxy) is 1. The van der Waals surface area contributed by atoms with E-state index in [9.17, 15) is 4.79 Å². The number of rotatable bonds is 7. The maximum absolute atomic E-state index is 12.5. The number of hydrogen-bond donors (Lipinski definition) is 3. The number of nitrogens with one attached hydrogen (secondary N) is 1. The van der Waals surface area contributed by atoms with Crippen molar-refractivity contribution in [2.75, 3.05) is 26.3 Å². The summed E-state index contributed by atoms with van der Waals surface area (Å²) in [6.07, 6.45) is 2.51. The zero-order valence-corrected chi connectivity index (χ0v) is 16.4. The van der Waals surface area contributed by atoms with Gasteiger partial charge in [-0.05, 0) is 25.2 Å². The largest absolute Gasteiger partial charge is 0.396 e. The topological polar surface area (TPSA) is 101 Å². The summed E-state index contributed by atoms with van der Waals surface area (Å²) in [5.74, 6) is 0.376. The van der Waals surface area contributed by atoms with Crippen molar-refractivity contribution < 1.29 is 14.6 Å². The molecular weight excluding hydrogens is 352 g/mol. The Bertz CT molecular complexity index is 609. The second-order valence-electron chi connectivity index (χ2n) is 7.79. The predicted octanol–water partition coefficient (Wildman–Crippen LogP) is 1.14. The van der Waals surface area contributed by atoms with Crippen LogP contribution in [0.2, 0.25) is 0 Å². The number of aliphatic hydroxyl groups excluding tert-OH is 1. The second-order valence-corrected chi connectivity index (χ2v) is 8.68. The highest BCUT2D eigenvalue weighted by atomic mass is 32.1. The predicted molar refractivity (Wildman–Crippen MR) is 101 cm³/mol. The summed E-state index contributed by atoms with van der Waals surface area (Å²) in [4.78, 5) is 19.3. The Morgan fingerprint density at radius 1 is 1.54 bits per heavy atom. The van der Waals surface area contributed by atoms with E-state index < -0.39 is 0 Å². The third kappa shape index (κ3) is 4.80. The first-order chi connectivity index (χ1) is 12.5. The normalized spacial score (nSPS) is 27.5. The van der Waals surface area contributed by atoms with Gasteiger partial charge in [0.2, 0.25) is 0 Å². The molecule has 0 spiro atoms. The van der Waals surface area contributed by atoms with E-state index in [0.717, 1.165) is 30.9 Å². The molecule has 0 saturated carbocycles. The number of aliphatic hydroxyl groups is 1. The Kier molecular flexibility index (Phi) is 6.63. The average molecular weight is 383 g/mol. The van der Waals surface area contributed by atoms with E-state index in [-0.39, 0.29) is 30.7 Å². The van der Waals surface area contributed by atoms with Gasteiger partial charge in [0.25, 0.3) is 5.91 Å².